The van der Waals surface area contributed by atoms with Gasteiger partial charge in [-0.15, -0.1) is 0 Å². The second kappa shape index (κ2) is 6.33. The molecule has 1 N–H and O–H groups in total. The number of hydrogen-bond donors (Lipinski definition) is 1. The van der Waals surface area contributed by atoms with Gasteiger partial charge in [0.05, 0.1) is 6.61 Å². The Labute approximate surface area is 92.6 Å². The Kier molecular flexibility index (Phi) is 5.02. The number of hydrogen-bond acceptors (Lipinski definition) is 2. The van der Waals surface area contributed by atoms with Crippen LogP contribution < -0.4 is 10.1 Å². The molecule has 0 unspecified atom stereocenters. The highest BCUT2D eigenvalue weighted by Gasteiger charge is 2.01. The third-order valence-electron chi connectivity index (χ3n) is 2.28. The van der Waals surface area contributed by atoms with E-state index >= 15 is 0 Å². The quantitative estimate of drug-likeness (QED) is 0.768. The minimum absolute atomic E-state index is 0.520. The smallest absolute Gasteiger partial charge is 0.121 e. The minimum Gasteiger partial charge on any atom is -0.494 e. The molecule has 0 aliphatic carbocycles. The van der Waals surface area contributed by atoms with Crippen LogP contribution in [0.5, 0.6) is 5.75 Å². The van der Waals surface area contributed by atoms with E-state index in [-0.39, 0.29) is 0 Å². The molecule has 0 fully saturated rings. The number of ether oxygens (including phenoxy) is 1. The van der Waals surface area contributed by atoms with Crippen LogP contribution in [-0.2, 0) is 0 Å². The zero-order valence-electron chi connectivity index (χ0n) is 9.92. The van der Waals surface area contributed by atoms with Crippen molar-refractivity contribution in [2.24, 2.45) is 0 Å². The Hall–Kier alpha value is -1.18. The van der Waals surface area contributed by atoms with Crippen LogP contribution >= 0.6 is 0 Å². The summed E-state index contributed by atoms with van der Waals surface area (Å²) < 4.78 is 5.45. The summed E-state index contributed by atoms with van der Waals surface area (Å²) in [5.74, 6) is 0.936. The van der Waals surface area contributed by atoms with Crippen LogP contribution in [0.1, 0.15) is 33.6 Å². The maximum Gasteiger partial charge on any atom is 0.121 e. The molecule has 1 rings (SSSR count). The molecular formula is C13H21NO. The molecule has 0 heterocycles. The van der Waals surface area contributed by atoms with Crippen molar-refractivity contribution in [1.82, 2.24) is 0 Å². The molecule has 15 heavy (non-hydrogen) atoms. The molecule has 84 valence electrons. The SMILES string of the molecule is CCC[C@@H](C)Nc1cccc(OCC)c1. The fourth-order valence-corrected chi connectivity index (χ4v) is 1.63. The molecule has 0 radical (unpaired) electrons. The second-order valence-corrected chi connectivity index (χ2v) is 3.79. The van der Waals surface area contributed by atoms with Crippen molar-refractivity contribution < 1.29 is 4.74 Å². The second-order valence-electron chi connectivity index (χ2n) is 3.79. The Morgan fingerprint density at radius 3 is 2.80 bits per heavy atom. The van der Waals surface area contributed by atoms with Gasteiger partial charge in [-0.25, -0.2) is 0 Å². The van der Waals surface area contributed by atoms with E-state index in [0.717, 1.165) is 11.4 Å². The predicted molar refractivity (Wildman–Crippen MR) is 65.6 cm³/mol. The van der Waals surface area contributed by atoms with Crippen molar-refractivity contribution in [3.63, 3.8) is 0 Å². The van der Waals surface area contributed by atoms with Crippen molar-refractivity contribution in [1.29, 1.82) is 0 Å². The Morgan fingerprint density at radius 2 is 2.13 bits per heavy atom. The molecule has 0 bridgehead atoms. The lowest BCUT2D eigenvalue weighted by Crippen LogP contribution is -2.14. The van der Waals surface area contributed by atoms with Gasteiger partial charge in [0.1, 0.15) is 5.75 Å². The summed E-state index contributed by atoms with van der Waals surface area (Å²) in [5, 5.41) is 3.46. The summed E-state index contributed by atoms with van der Waals surface area (Å²) in [5.41, 5.74) is 1.14. The van der Waals surface area contributed by atoms with E-state index < -0.39 is 0 Å². The van der Waals surface area contributed by atoms with Gasteiger partial charge in [-0.05, 0) is 32.4 Å². The lowest BCUT2D eigenvalue weighted by Gasteiger charge is -2.15. The third-order valence-corrected chi connectivity index (χ3v) is 2.28. The van der Waals surface area contributed by atoms with E-state index in [1.165, 1.54) is 12.8 Å². The summed E-state index contributed by atoms with van der Waals surface area (Å²) in [6, 6.07) is 8.65. The van der Waals surface area contributed by atoms with Gasteiger partial charge < -0.3 is 10.1 Å². The van der Waals surface area contributed by atoms with Gasteiger partial charge in [0.15, 0.2) is 0 Å². The number of rotatable bonds is 6. The average molecular weight is 207 g/mol. The summed E-state index contributed by atoms with van der Waals surface area (Å²) in [4.78, 5) is 0. The largest absolute Gasteiger partial charge is 0.494 e. The molecule has 1 atom stereocenters. The maximum absolute atomic E-state index is 5.45. The zero-order valence-corrected chi connectivity index (χ0v) is 9.92. The fraction of sp³-hybridized carbons (Fsp3) is 0.538. The van der Waals surface area contributed by atoms with Gasteiger partial charge in [0.25, 0.3) is 0 Å². The molecule has 2 nitrogen and oxygen atoms in total. The predicted octanol–water partition coefficient (Wildman–Crippen LogP) is 3.69. The molecule has 0 saturated heterocycles. The van der Waals surface area contributed by atoms with E-state index in [1.807, 2.05) is 19.1 Å². The molecule has 1 aromatic rings. The van der Waals surface area contributed by atoms with Gasteiger partial charge in [-0.3, -0.25) is 0 Å². The topological polar surface area (TPSA) is 21.3 Å². The van der Waals surface area contributed by atoms with Gasteiger partial charge in [0, 0.05) is 17.8 Å². The standard InChI is InChI=1S/C13H21NO/c1-4-7-11(3)14-12-8-6-9-13(10-12)15-5-2/h6,8-11,14H,4-5,7H2,1-3H3/t11-/m1/s1. The summed E-state index contributed by atoms with van der Waals surface area (Å²) in [6.07, 6.45) is 2.40. The number of benzene rings is 1. The van der Waals surface area contributed by atoms with Gasteiger partial charge in [-0.2, -0.15) is 0 Å². The Bertz CT molecular complexity index is 286. The van der Waals surface area contributed by atoms with Crippen molar-refractivity contribution in [3.05, 3.63) is 24.3 Å². The van der Waals surface area contributed by atoms with Gasteiger partial charge in [-0.1, -0.05) is 19.4 Å². The zero-order chi connectivity index (χ0) is 11.1. The van der Waals surface area contributed by atoms with Crippen LogP contribution in [0.3, 0.4) is 0 Å². The van der Waals surface area contributed by atoms with Crippen LogP contribution in [0.4, 0.5) is 5.69 Å². The van der Waals surface area contributed by atoms with Crippen molar-refractivity contribution in [2.45, 2.75) is 39.7 Å². The Balaban J connectivity index is 2.56. The van der Waals surface area contributed by atoms with E-state index in [9.17, 15) is 0 Å². The van der Waals surface area contributed by atoms with E-state index in [4.69, 9.17) is 4.74 Å². The number of anilines is 1. The first-order chi connectivity index (χ1) is 7.26. The van der Waals surface area contributed by atoms with Crippen molar-refractivity contribution in [2.75, 3.05) is 11.9 Å². The van der Waals surface area contributed by atoms with Gasteiger partial charge >= 0.3 is 0 Å². The molecule has 0 aliphatic heterocycles. The molecule has 0 spiro atoms. The van der Waals surface area contributed by atoms with Gasteiger partial charge in [0.2, 0.25) is 0 Å². The summed E-state index contributed by atoms with van der Waals surface area (Å²) >= 11 is 0. The van der Waals surface area contributed by atoms with Crippen LogP contribution in [0.25, 0.3) is 0 Å². The van der Waals surface area contributed by atoms with Crippen LogP contribution in [0.2, 0.25) is 0 Å². The lowest BCUT2D eigenvalue weighted by molar-refractivity contribution is 0.340. The highest BCUT2D eigenvalue weighted by molar-refractivity contribution is 5.48. The highest BCUT2D eigenvalue weighted by atomic mass is 16.5. The molecular weight excluding hydrogens is 186 g/mol. The third kappa shape index (κ3) is 4.24. The molecule has 1 aromatic carbocycles. The first-order valence-electron chi connectivity index (χ1n) is 5.75. The van der Waals surface area contributed by atoms with Crippen molar-refractivity contribution >= 4 is 5.69 Å². The minimum atomic E-state index is 0.520. The lowest BCUT2D eigenvalue weighted by atomic mass is 10.2. The molecule has 0 saturated carbocycles. The fourth-order valence-electron chi connectivity index (χ4n) is 1.63. The maximum atomic E-state index is 5.45. The van der Waals surface area contributed by atoms with E-state index in [2.05, 4.69) is 31.3 Å². The van der Waals surface area contributed by atoms with E-state index in [0.29, 0.717) is 12.6 Å². The Morgan fingerprint density at radius 1 is 1.33 bits per heavy atom. The first-order valence-corrected chi connectivity index (χ1v) is 5.75. The van der Waals surface area contributed by atoms with Crippen molar-refractivity contribution in [3.8, 4) is 5.75 Å². The molecule has 0 amide bonds. The highest BCUT2D eigenvalue weighted by Crippen LogP contribution is 2.18. The van der Waals surface area contributed by atoms with Crippen LogP contribution in [-0.4, -0.2) is 12.6 Å². The molecule has 2 heteroatoms. The normalized spacial score (nSPS) is 12.2. The molecule has 0 aliphatic rings. The van der Waals surface area contributed by atoms with Crippen LogP contribution in [0, 0.1) is 0 Å². The monoisotopic (exact) mass is 207 g/mol. The van der Waals surface area contributed by atoms with Crippen LogP contribution in [0.15, 0.2) is 24.3 Å². The number of nitrogens with one attached hydrogen (secondary N) is 1. The first kappa shape index (κ1) is 11.9. The summed E-state index contributed by atoms with van der Waals surface area (Å²) in [6.45, 7) is 7.12. The van der Waals surface area contributed by atoms with E-state index in [1.54, 1.807) is 0 Å². The molecule has 0 aromatic heterocycles. The summed E-state index contributed by atoms with van der Waals surface area (Å²) in [7, 11) is 0. The average Bonchev–Trinajstić information content (AvgIpc) is 2.19.